The number of aliphatic hydroxyl groups is 1. The molecule has 0 saturated heterocycles. The molecule has 0 unspecified atom stereocenters. The van der Waals surface area contributed by atoms with E-state index in [1.807, 2.05) is 35.0 Å². The van der Waals surface area contributed by atoms with Gasteiger partial charge in [0.1, 0.15) is 12.6 Å². The Hall–Kier alpha value is -0.460. The SMILES string of the molecule is CC(C)C(=O)Br.C[N+](C)(C)C[C@H](O)CC(=O)[O-]. The molecule has 0 heterocycles. The standard InChI is InChI=1S/C7H15NO3.C4H7BrO/c1-8(2,3)5-6(9)4-7(10)11;1-3(2)4(5)6/h6,9H,4-5H2,1-3H3;3H,1-2H3/t6-;/m1./s1. The van der Waals surface area contributed by atoms with Crippen LogP contribution in [0.15, 0.2) is 0 Å². The number of quaternary nitrogens is 1. The molecule has 0 fully saturated rings. The van der Waals surface area contributed by atoms with Crippen LogP contribution in [0, 0.1) is 5.92 Å². The van der Waals surface area contributed by atoms with Crippen LogP contribution in [-0.4, -0.2) is 54.0 Å². The van der Waals surface area contributed by atoms with E-state index >= 15 is 0 Å². The number of carbonyl (C=O) groups excluding carboxylic acids is 2. The fourth-order valence-corrected chi connectivity index (χ4v) is 0.889. The van der Waals surface area contributed by atoms with Crippen LogP contribution >= 0.6 is 15.9 Å². The molecule has 0 aliphatic carbocycles. The Bertz CT molecular complexity index is 248. The fraction of sp³-hybridized carbons (Fsp3) is 0.818. The Morgan fingerprint density at radius 1 is 1.29 bits per heavy atom. The molecule has 0 spiro atoms. The summed E-state index contributed by atoms with van der Waals surface area (Å²) in [5.41, 5.74) is 0. The normalized spacial score (nSPS) is 12.7. The second-order valence-electron chi connectivity index (χ2n) is 5.16. The minimum absolute atomic E-state index is 0.0718. The average Bonchev–Trinajstić information content (AvgIpc) is 1.98. The van der Waals surface area contributed by atoms with Crippen molar-refractivity contribution in [2.24, 2.45) is 5.92 Å². The number of halogens is 1. The van der Waals surface area contributed by atoms with Gasteiger partial charge in [-0.3, -0.25) is 4.79 Å². The third-order valence-electron chi connectivity index (χ3n) is 1.61. The molecule has 0 aliphatic heterocycles. The molecule has 0 bridgehead atoms. The van der Waals surface area contributed by atoms with Crippen molar-refractivity contribution in [2.45, 2.75) is 26.4 Å². The Labute approximate surface area is 111 Å². The molecule has 0 amide bonds. The maximum absolute atomic E-state index is 10.1. The van der Waals surface area contributed by atoms with Crippen LogP contribution in [0.25, 0.3) is 0 Å². The summed E-state index contributed by atoms with van der Waals surface area (Å²) in [6.07, 6.45) is -1.09. The third kappa shape index (κ3) is 18.1. The summed E-state index contributed by atoms with van der Waals surface area (Å²) in [4.78, 5) is 20.1. The highest BCUT2D eigenvalue weighted by molar-refractivity contribution is 9.18. The van der Waals surface area contributed by atoms with Gasteiger partial charge in [-0.25, -0.2) is 0 Å². The van der Waals surface area contributed by atoms with E-state index < -0.39 is 12.1 Å². The third-order valence-corrected chi connectivity index (χ3v) is 2.53. The van der Waals surface area contributed by atoms with Gasteiger partial charge in [0.2, 0.25) is 0 Å². The highest BCUT2D eigenvalue weighted by atomic mass is 79.9. The van der Waals surface area contributed by atoms with Crippen LogP contribution in [0.4, 0.5) is 0 Å². The number of carbonyl (C=O) groups is 2. The predicted octanol–water partition coefficient (Wildman–Crippen LogP) is -0.243. The fourth-order valence-electron chi connectivity index (χ4n) is 0.889. The molecule has 0 aromatic rings. The topological polar surface area (TPSA) is 77.4 Å². The van der Waals surface area contributed by atoms with Gasteiger partial charge in [0, 0.05) is 18.3 Å². The van der Waals surface area contributed by atoms with E-state index in [0.29, 0.717) is 11.0 Å². The summed E-state index contributed by atoms with van der Waals surface area (Å²) in [7, 11) is 5.66. The van der Waals surface area contributed by atoms with Crippen LogP contribution in [-0.2, 0) is 9.59 Å². The molecule has 17 heavy (non-hydrogen) atoms. The summed E-state index contributed by atoms with van der Waals surface area (Å²) in [6, 6.07) is 0. The van der Waals surface area contributed by atoms with Crippen LogP contribution < -0.4 is 5.11 Å². The number of carboxylic acids is 1. The van der Waals surface area contributed by atoms with Gasteiger partial charge in [-0.05, 0) is 15.9 Å². The molecule has 0 aromatic heterocycles. The Kier molecular flexibility index (Phi) is 9.56. The molecular formula is C11H22BrNO4. The number of aliphatic carboxylic acids is 1. The van der Waals surface area contributed by atoms with Gasteiger partial charge in [-0.2, -0.15) is 0 Å². The number of hydrogen-bond acceptors (Lipinski definition) is 4. The van der Waals surface area contributed by atoms with Crippen molar-refractivity contribution in [1.29, 1.82) is 0 Å². The average molecular weight is 312 g/mol. The lowest BCUT2D eigenvalue weighted by Crippen LogP contribution is -2.43. The number of hydrogen-bond donors (Lipinski definition) is 1. The number of carboxylic acid groups (broad SMARTS) is 1. The van der Waals surface area contributed by atoms with Crippen molar-refractivity contribution < 1.29 is 24.3 Å². The predicted molar refractivity (Wildman–Crippen MR) is 67.3 cm³/mol. The maximum atomic E-state index is 10.1. The quantitative estimate of drug-likeness (QED) is 0.561. The van der Waals surface area contributed by atoms with Crippen molar-refractivity contribution in [2.75, 3.05) is 27.7 Å². The smallest absolute Gasteiger partial charge is 0.200 e. The molecule has 0 rings (SSSR count). The first-order chi connectivity index (χ1) is 7.45. The van der Waals surface area contributed by atoms with E-state index in [0.717, 1.165) is 0 Å². The lowest BCUT2D eigenvalue weighted by atomic mass is 10.2. The zero-order valence-electron chi connectivity index (χ0n) is 11.1. The van der Waals surface area contributed by atoms with E-state index in [9.17, 15) is 14.7 Å². The molecule has 0 aromatic carbocycles. The number of nitrogens with zero attached hydrogens (tertiary/aromatic N) is 1. The van der Waals surface area contributed by atoms with E-state index in [1.54, 1.807) is 0 Å². The monoisotopic (exact) mass is 311 g/mol. The molecule has 6 heteroatoms. The first kappa shape index (κ1) is 18.9. The van der Waals surface area contributed by atoms with E-state index in [-0.39, 0.29) is 17.0 Å². The lowest BCUT2D eigenvalue weighted by molar-refractivity contribution is -0.873. The molecule has 102 valence electrons. The van der Waals surface area contributed by atoms with Crippen molar-refractivity contribution >= 4 is 26.6 Å². The van der Waals surface area contributed by atoms with Gasteiger partial charge >= 0.3 is 0 Å². The Morgan fingerprint density at radius 2 is 1.65 bits per heavy atom. The van der Waals surface area contributed by atoms with Crippen molar-refractivity contribution in [1.82, 2.24) is 0 Å². The molecule has 5 nitrogen and oxygen atoms in total. The zero-order chi connectivity index (χ0) is 14.2. The minimum atomic E-state index is -1.20. The van der Waals surface area contributed by atoms with E-state index in [1.165, 1.54) is 0 Å². The summed E-state index contributed by atoms with van der Waals surface area (Å²) in [5.74, 6) is -1.07. The highest BCUT2D eigenvalue weighted by Gasteiger charge is 2.14. The molecule has 1 N–H and O–H groups in total. The van der Waals surface area contributed by atoms with Crippen molar-refractivity contribution in [3.8, 4) is 0 Å². The molecule has 0 aliphatic rings. The maximum Gasteiger partial charge on any atom is 0.200 e. The number of likely N-dealkylation sites (N-methyl/N-ethyl adjacent to an activating group) is 1. The van der Waals surface area contributed by atoms with Gasteiger partial charge in [0.25, 0.3) is 0 Å². The van der Waals surface area contributed by atoms with Crippen molar-refractivity contribution in [3.63, 3.8) is 0 Å². The second kappa shape index (κ2) is 8.60. The van der Waals surface area contributed by atoms with Crippen LogP contribution in [0.5, 0.6) is 0 Å². The van der Waals surface area contributed by atoms with Crippen LogP contribution in [0.3, 0.4) is 0 Å². The molecule has 0 saturated carbocycles. The highest BCUT2D eigenvalue weighted by Crippen LogP contribution is 1.98. The van der Waals surface area contributed by atoms with Gasteiger partial charge in [0.15, 0.2) is 4.69 Å². The molecule has 1 atom stereocenters. The second-order valence-corrected chi connectivity index (χ2v) is 5.94. The van der Waals surface area contributed by atoms with Crippen molar-refractivity contribution in [3.05, 3.63) is 0 Å². The first-order valence-electron chi connectivity index (χ1n) is 5.33. The summed E-state index contributed by atoms with van der Waals surface area (Å²) in [6.45, 7) is 4.11. The Balaban J connectivity index is 0. The summed E-state index contributed by atoms with van der Waals surface area (Å²) in [5, 5.41) is 19.1. The lowest BCUT2D eigenvalue weighted by Gasteiger charge is -2.26. The van der Waals surface area contributed by atoms with Gasteiger partial charge < -0.3 is 19.5 Å². The zero-order valence-corrected chi connectivity index (χ0v) is 12.7. The summed E-state index contributed by atoms with van der Waals surface area (Å²) >= 11 is 2.80. The van der Waals surface area contributed by atoms with Gasteiger partial charge in [-0.1, -0.05) is 13.8 Å². The number of rotatable bonds is 5. The number of aliphatic hydroxyl groups excluding tert-OH is 1. The van der Waals surface area contributed by atoms with E-state index in [2.05, 4.69) is 15.9 Å². The van der Waals surface area contributed by atoms with Crippen LogP contribution in [0.1, 0.15) is 20.3 Å². The minimum Gasteiger partial charge on any atom is -0.550 e. The van der Waals surface area contributed by atoms with E-state index in [4.69, 9.17) is 5.11 Å². The largest absolute Gasteiger partial charge is 0.550 e. The summed E-state index contributed by atoms with van der Waals surface area (Å²) < 4.78 is 0.622. The van der Waals surface area contributed by atoms with Crippen LogP contribution in [0.2, 0.25) is 0 Å². The molecule has 0 radical (unpaired) electrons. The van der Waals surface area contributed by atoms with Gasteiger partial charge in [-0.15, -0.1) is 0 Å². The van der Waals surface area contributed by atoms with Gasteiger partial charge in [0.05, 0.1) is 21.1 Å². The Morgan fingerprint density at radius 3 is 1.82 bits per heavy atom. The first-order valence-corrected chi connectivity index (χ1v) is 6.12. The molecular weight excluding hydrogens is 290 g/mol.